The lowest BCUT2D eigenvalue weighted by Crippen LogP contribution is -2.14. The highest BCUT2D eigenvalue weighted by molar-refractivity contribution is 7.10. The van der Waals surface area contributed by atoms with Gasteiger partial charge in [-0.05, 0) is 36.8 Å². The van der Waals surface area contributed by atoms with Gasteiger partial charge >= 0.3 is 5.69 Å². The molecule has 7 heteroatoms. The molecule has 0 saturated heterocycles. The van der Waals surface area contributed by atoms with E-state index >= 15 is 0 Å². The van der Waals surface area contributed by atoms with Gasteiger partial charge in [-0.1, -0.05) is 18.2 Å². The molecule has 0 bridgehead atoms. The van der Waals surface area contributed by atoms with Gasteiger partial charge in [0.1, 0.15) is 5.01 Å². The first-order chi connectivity index (χ1) is 12.6. The molecule has 4 aromatic rings. The maximum atomic E-state index is 12.2. The number of aromatic nitrogens is 3. The minimum atomic E-state index is -0.232. The summed E-state index contributed by atoms with van der Waals surface area (Å²) in [5, 5.41) is 5.55. The lowest BCUT2D eigenvalue weighted by Gasteiger charge is -2.04. The predicted molar refractivity (Wildman–Crippen MR) is 104 cm³/mol. The normalized spacial score (nSPS) is 11.0. The van der Waals surface area contributed by atoms with Gasteiger partial charge < -0.3 is 15.3 Å². The van der Waals surface area contributed by atoms with Gasteiger partial charge in [-0.15, -0.1) is 11.3 Å². The summed E-state index contributed by atoms with van der Waals surface area (Å²) >= 11 is 1.45. The van der Waals surface area contributed by atoms with E-state index in [0.29, 0.717) is 0 Å². The minimum absolute atomic E-state index is 0.0954. The number of rotatable bonds is 4. The number of carbonyl (C=O) groups is 1. The molecule has 0 fully saturated rings. The fourth-order valence-electron chi connectivity index (χ4n) is 2.78. The molecule has 1 amide bonds. The SMILES string of the molecule is Cc1cccc(NC(=O)Cc2nc(-c3ccc4[nH]c(=O)[nH]c4c3)cs2)c1. The van der Waals surface area contributed by atoms with Gasteiger partial charge in [0.25, 0.3) is 0 Å². The Morgan fingerprint density at radius 1 is 1.15 bits per heavy atom. The number of hydrogen-bond donors (Lipinski definition) is 3. The molecule has 0 radical (unpaired) electrons. The van der Waals surface area contributed by atoms with Crippen LogP contribution in [0.1, 0.15) is 10.6 Å². The van der Waals surface area contributed by atoms with Crippen molar-refractivity contribution in [3.63, 3.8) is 0 Å². The second kappa shape index (κ2) is 6.61. The van der Waals surface area contributed by atoms with Crippen molar-refractivity contribution in [3.8, 4) is 11.3 Å². The highest BCUT2D eigenvalue weighted by Gasteiger charge is 2.10. The van der Waals surface area contributed by atoms with Crippen LogP contribution in [0.2, 0.25) is 0 Å². The molecule has 0 aliphatic carbocycles. The first-order valence-electron chi connectivity index (χ1n) is 8.10. The van der Waals surface area contributed by atoms with Crippen LogP contribution in [0.25, 0.3) is 22.3 Å². The van der Waals surface area contributed by atoms with Crippen LogP contribution >= 0.6 is 11.3 Å². The molecule has 2 aromatic carbocycles. The summed E-state index contributed by atoms with van der Waals surface area (Å²) in [6.45, 7) is 1.98. The van der Waals surface area contributed by atoms with Crippen LogP contribution < -0.4 is 11.0 Å². The number of fused-ring (bicyclic) bond motifs is 1. The van der Waals surface area contributed by atoms with Crippen molar-refractivity contribution >= 4 is 34.0 Å². The molecule has 0 unspecified atom stereocenters. The first-order valence-corrected chi connectivity index (χ1v) is 8.98. The number of benzene rings is 2. The van der Waals surface area contributed by atoms with E-state index in [-0.39, 0.29) is 18.0 Å². The van der Waals surface area contributed by atoms with Crippen LogP contribution in [-0.2, 0) is 11.2 Å². The highest BCUT2D eigenvalue weighted by atomic mass is 32.1. The first kappa shape index (κ1) is 16.3. The summed E-state index contributed by atoms with van der Waals surface area (Å²) in [6.07, 6.45) is 0.224. The number of amides is 1. The zero-order valence-corrected chi connectivity index (χ0v) is 14.8. The van der Waals surface area contributed by atoms with E-state index in [9.17, 15) is 9.59 Å². The smallest absolute Gasteiger partial charge is 0.323 e. The van der Waals surface area contributed by atoms with Crippen molar-refractivity contribution in [2.24, 2.45) is 0 Å². The zero-order valence-electron chi connectivity index (χ0n) is 14.0. The number of anilines is 1. The number of carbonyl (C=O) groups excluding carboxylic acids is 1. The maximum absolute atomic E-state index is 12.2. The minimum Gasteiger partial charge on any atom is -0.326 e. The summed E-state index contributed by atoms with van der Waals surface area (Å²) in [6, 6.07) is 13.3. The van der Waals surface area contributed by atoms with E-state index in [0.717, 1.165) is 38.5 Å². The average molecular weight is 364 g/mol. The molecule has 130 valence electrons. The number of nitrogens with one attached hydrogen (secondary N) is 3. The van der Waals surface area contributed by atoms with Crippen molar-refractivity contribution in [2.45, 2.75) is 13.3 Å². The van der Waals surface area contributed by atoms with E-state index in [2.05, 4.69) is 20.3 Å². The molecule has 3 N–H and O–H groups in total. The van der Waals surface area contributed by atoms with Crippen LogP contribution in [-0.4, -0.2) is 20.9 Å². The molecule has 0 atom stereocenters. The van der Waals surface area contributed by atoms with E-state index < -0.39 is 0 Å². The van der Waals surface area contributed by atoms with Crippen LogP contribution in [0.5, 0.6) is 0 Å². The van der Waals surface area contributed by atoms with E-state index in [4.69, 9.17) is 0 Å². The molecule has 0 saturated carbocycles. The molecule has 0 aliphatic rings. The van der Waals surface area contributed by atoms with Gasteiger partial charge in [0.2, 0.25) is 5.91 Å². The average Bonchev–Trinajstić information content (AvgIpc) is 3.19. The van der Waals surface area contributed by atoms with E-state index in [1.54, 1.807) is 0 Å². The molecular formula is C19H16N4O2S. The number of hydrogen-bond acceptors (Lipinski definition) is 4. The number of thiazole rings is 1. The number of aromatic amines is 2. The summed E-state index contributed by atoms with van der Waals surface area (Å²) < 4.78 is 0. The Bertz CT molecular complexity index is 1160. The van der Waals surface area contributed by atoms with Crippen LogP contribution in [0, 0.1) is 6.92 Å². The topological polar surface area (TPSA) is 90.6 Å². The second-order valence-corrected chi connectivity index (χ2v) is 7.00. The number of aryl methyl sites for hydroxylation is 1. The second-order valence-electron chi connectivity index (χ2n) is 6.06. The molecule has 2 heterocycles. The number of nitrogens with zero attached hydrogens (tertiary/aromatic N) is 1. The lowest BCUT2D eigenvalue weighted by atomic mass is 10.1. The Morgan fingerprint density at radius 2 is 2.00 bits per heavy atom. The summed E-state index contributed by atoms with van der Waals surface area (Å²) in [7, 11) is 0. The van der Waals surface area contributed by atoms with Gasteiger partial charge in [0.15, 0.2) is 0 Å². The number of H-pyrrole nitrogens is 2. The van der Waals surface area contributed by atoms with Crippen molar-refractivity contribution in [2.75, 3.05) is 5.32 Å². The third-order valence-electron chi connectivity index (χ3n) is 3.98. The van der Waals surface area contributed by atoms with Crippen molar-refractivity contribution in [1.82, 2.24) is 15.0 Å². The number of imidazole rings is 1. The van der Waals surface area contributed by atoms with Crippen molar-refractivity contribution in [3.05, 3.63) is 68.9 Å². The Hall–Kier alpha value is -3.19. The van der Waals surface area contributed by atoms with Gasteiger partial charge in [-0.2, -0.15) is 0 Å². The van der Waals surface area contributed by atoms with Gasteiger partial charge in [0.05, 0.1) is 23.1 Å². The van der Waals surface area contributed by atoms with Crippen LogP contribution in [0.3, 0.4) is 0 Å². The fourth-order valence-corrected chi connectivity index (χ4v) is 3.58. The maximum Gasteiger partial charge on any atom is 0.323 e. The zero-order chi connectivity index (χ0) is 18.1. The monoisotopic (exact) mass is 364 g/mol. The molecule has 0 aliphatic heterocycles. The molecule has 2 aromatic heterocycles. The molecule has 0 spiro atoms. The summed E-state index contributed by atoms with van der Waals surface area (Å²) in [5.41, 5.74) is 4.83. The van der Waals surface area contributed by atoms with Gasteiger partial charge in [-0.25, -0.2) is 9.78 Å². The largest absolute Gasteiger partial charge is 0.326 e. The Labute approximate surface area is 152 Å². The molecule has 26 heavy (non-hydrogen) atoms. The molecule has 4 rings (SSSR count). The lowest BCUT2D eigenvalue weighted by molar-refractivity contribution is -0.115. The summed E-state index contributed by atoms with van der Waals surface area (Å²) in [4.78, 5) is 33.6. The predicted octanol–water partition coefficient (Wildman–Crippen LogP) is 3.47. The van der Waals surface area contributed by atoms with Crippen LogP contribution in [0.4, 0.5) is 5.69 Å². The third kappa shape index (κ3) is 3.43. The fraction of sp³-hybridized carbons (Fsp3) is 0.105. The van der Waals surface area contributed by atoms with E-state index in [1.807, 2.05) is 54.8 Å². The van der Waals surface area contributed by atoms with Gasteiger partial charge in [-0.3, -0.25) is 4.79 Å². The molecular weight excluding hydrogens is 348 g/mol. The Morgan fingerprint density at radius 3 is 2.85 bits per heavy atom. The quantitative estimate of drug-likeness (QED) is 0.518. The highest BCUT2D eigenvalue weighted by Crippen LogP contribution is 2.24. The Balaban J connectivity index is 1.49. The van der Waals surface area contributed by atoms with Crippen molar-refractivity contribution < 1.29 is 4.79 Å². The third-order valence-corrected chi connectivity index (χ3v) is 4.83. The van der Waals surface area contributed by atoms with Gasteiger partial charge in [0, 0.05) is 16.6 Å². The Kier molecular flexibility index (Phi) is 4.14. The molecule has 6 nitrogen and oxygen atoms in total. The van der Waals surface area contributed by atoms with Crippen LogP contribution in [0.15, 0.2) is 52.6 Å². The van der Waals surface area contributed by atoms with E-state index in [1.165, 1.54) is 11.3 Å². The summed E-state index contributed by atoms with van der Waals surface area (Å²) in [5.74, 6) is -0.0954. The standard InChI is InChI=1S/C19H16N4O2S/c1-11-3-2-4-13(7-11)20-17(24)9-18-21-16(10-26-18)12-5-6-14-15(8-12)23-19(25)22-14/h2-8,10H,9H2,1H3,(H,20,24)(H2,22,23,25). The van der Waals surface area contributed by atoms with Crippen molar-refractivity contribution in [1.29, 1.82) is 0 Å².